The Balaban J connectivity index is 1.89. The minimum atomic E-state index is -0.394. The average molecular weight is 372 g/mol. The predicted octanol–water partition coefficient (Wildman–Crippen LogP) is 3.57. The van der Waals surface area contributed by atoms with Gasteiger partial charge in [-0.05, 0) is 31.2 Å². The van der Waals surface area contributed by atoms with Crippen LogP contribution in [0.3, 0.4) is 0 Å². The van der Waals surface area contributed by atoms with Crippen LogP contribution in [-0.4, -0.2) is 33.9 Å². The van der Waals surface area contributed by atoms with Crippen LogP contribution in [0.25, 0.3) is 0 Å². The zero-order chi connectivity index (χ0) is 18.4. The largest absolute Gasteiger partial charge is 0.341 e. The Hall–Kier alpha value is -2.08. The Bertz CT molecular complexity index is 785. The maximum absolute atomic E-state index is 13.2. The van der Waals surface area contributed by atoms with Crippen molar-refractivity contribution in [1.82, 2.24) is 14.9 Å². The summed E-state index contributed by atoms with van der Waals surface area (Å²) in [5.41, 5.74) is 1.55. The summed E-state index contributed by atoms with van der Waals surface area (Å²) in [6.45, 7) is 3.67. The number of nitrogens with one attached hydrogen (secondary N) is 1. The molecule has 0 aliphatic carbocycles. The molecule has 1 aliphatic heterocycles. The molecular formula is C20H25N3O2S. The van der Waals surface area contributed by atoms with Gasteiger partial charge in [0.1, 0.15) is 5.25 Å². The van der Waals surface area contributed by atoms with E-state index in [0.29, 0.717) is 5.16 Å². The van der Waals surface area contributed by atoms with Gasteiger partial charge < -0.3 is 9.88 Å². The fourth-order valence-electron chi connectivity index (χ4n) is 3.20. The second-order valence-corrected chi connectivity index (χ2v) is 7.68. The Morgan fingerprint density at radius 1 is 1.23 bits per heavy atom. The van der Waals surface area contributed by atoms with Gasteiger partial charge in [0, 0.05) is 24.8 Å². The first kappa shape index (κ1) is 18.7. The first-order valence-corrected chi connectivity index (χ1v) is 10.2. The van der Waals surface area contributed by atoms with Crippen molar-refractivity contribution in [2.45, 2.75) is 49.4 Å². The van der Waals surface area contributed by atoms with Crippen LogP contribution in [0, 0.1) is 0 Å². The molecule has 1 aromatic carbocycles. The molecule has 1 N–H and O–H groups in total. The van der Waals surface area contributed by atoms with Crippen LogP contribution >= 0.6 is 11.8 Å². The lowest BCUT2D eigenvalue weighted by molar-refractivity contribution is -0.131. The van der Waals surface area contributed by atoms with Gasteiger partial charge in [0.15, 0.2) is 5.16 Å². The third kappa shape index (κ3) is 4.75. The summed E-state index contributed by atoms with van der Waals surface area (Å²) in [4.78, 5) is 34.4. The van der Waals surface area contributed by atoms with Crippen LogP contribution in [0.5, 0.6) is 0 Å². The lowest BCUT2D eigenvalue weighted by Crippen LogP contribution is -2.38. The van der Waals surface area contributed by atoms with Gasteiger partial charge in [0.2, 0.25) is 5.91 Å². The second kappa shape index (κ2) is 9.03. The molecule has 0 spiro atoms. The number of likely N-dealkylation sites (tertiary alicyclic amines) is 1. The highest BCUT2D eigenvalue weighted by Crippen LogP contribution is 2.35. The van der Waals surface area contributed by atoms with Gasteiger partial charge in [-0.1, -0.05) is 55.4 Å². The molecule has 0 unspecified atom stereocenters. The number of aromatic amines is 1. The highest BCUT2D eigenvalue weighted by Gasteiger charge is 2.28. The maximum Gasteiger partial charge on any atom is 0.251 e. The van der Waals surface area contributed by atoms with Crippen molar-refractivity contribution in [2.75, 3.05) is 13.1 Å². The van der Waals surface area contributed by atoms with Crippen molar-refractivity contribution in [3.8, 4) is 0 Å². The minimum Gasteiger partial charge on any atom is -0.341 e. The van der Waals surface area contributed by atoms with E-state index in [2.05, 4.69) is 16.9 Å². The number of aryl methyl sites for hydroxylation is 1. The quantitative estimate of drug-likeness (QED) is 0.623. The van der Waals surface area contributed by atoms with Crippen LogP contribution in [0.15, 0.2) is 46.3 Å². The standard InChI is InChI=1S/C20H25N3O2S/c1-2-9-16-14-17(24)22-20(21-16)26-18(15-10-5-3-6-11-15)19(25)23-12-7-4-8-13-23/h3,5-6,10-11,14,18H,2,4,7-9,12-13H2,1H3,(H,21,22,24)/t18-/m1/s1. The minimum absolute atomic E-state index is 0.101. The third-order valence-corrected chi connectivity index (χ3v) is 5.63. The van der Waals surface area contributed by atoms with Crippen molar-refractivity contribution >= 4 is 17.7 Å². The fraction of sp³-hybridized carbons (Fsp3) is 0.450. The number of carbonyl (C=O) groups excluding carboxylic acids is 1. The van der Waals surface area contributed by atoms with E-state index in [9.17, 15) is 9.59 Å². The van der Waals surface area contributed by atoms with Gasteiger partial charge in [0.25, 0.3) is 5.56 Å². The molecule has 138 valence electrons. The average Bonchev–Trinajstić information content (AvgIpc) is 2.67. The number of rotatable bonds is 6. The number of thioether (sulfide) groups is 1. The SMILES string of the molecule is CCCc1cc(=O)[nH]c(S[C@@H](C(=O)N2CCCCC2)c2ccccc2)n1. The monoisotopic (exact) mass is 371 g/mol. The molecule has 1 amide bonds. The number of hydrogen-bond donors (Lipinski definition) is 1. The first-order chi connectivity index (χ1) is 12.7. The van der Waals surface area contributed by atoms with E-state index in [1.54, 1.807) is 0 Å². The normalized spacial score (nSPS) is 15.7. The fourth-order valence-corrected chi connectivity index (χ4v) is 4.30. The summed E-state index contributed by atoms with van der Waals surface area (Å²) >= 11 is 1.34. The highest BCUT2D eigenvalue weighted by molar-refractivity contribution is 8.00. The second-order valence-electron chi connectivity index (χ2n) is 6.59. The number of carbonyl (C=O) groups is 1. The Morgan fingerprint density at radius 2 is 1.96 bits per heavy atom. The smallest absolute Gasteiger partial charge is 0.251 e. The first-order valence-electron chi connectivity index (χ1n) is 9.28. The lowest BCUT2D eigenvalue weighted by atomic mass is 10.1. The number of nitrogens with zero attached hydrogens (tertiary/aromatic N) is 2. The maximum atomic E-state index is 13.2. The molecule has 2 heterocycles. The van der Waals surface area contributed by atoms with Crippen molar-refractivity contribution in [2.24, 2.45) is 0 Å². The van der Waals surface area contributed by atoms with E-state index in [-0.39, 0.29) is 11.5 Å². The molecule has 1 aromatic heterocycles. The van der Waals surface area contributed by atoms with Crippen LogP contribution in [-0.2, 0) is 11.2 Å². The van der Waals surface area contributed by atoms with E-state index < -0.39 is 5.25 Å². The number of aromatic nitrogens is 2. The van der Waals surface area contributed by atoms with E-state index in [4.69, 9.17) is 0 Å². The Kier molecular flexibility index (Phi) is 6.50. The van der Waals surface area contributed by atoms with Gasteiger partial charge in [-0.15, -0.1) is 0 Å². The van der Waals surface area contributed by atoms with Gasteiger partial charge in [-0.25, -0.2) is 4.98 Å². The highest BCUT2D eigenvalue weighted by atomic mass is 32.2. The summed E-state index contributed by atoms with van der Waals surface area (Å²) in [5.74, 6) is 0.101. The van der Waals surface area contributed by atoms with E-state index >= 15 is 0 Å². The number of hydrogen-bond acceptors (Lipinski definition) is 4. The lowest BCUT2D eigenvalue weighted by Gasteiger charge is -2.30. The molecule has 1 fully saturated rings. The van der Waals surface area contributed by atoms with Crippen molar-refractivity contribution in [3.63, 3.8) is 0 Å². The molecule has 6 heteroatoms. The molecule has 0 radical (unpaired) electrons. The number of amides is 1. The summed E-state index contributed by atoms with van der Waals surface area (Å²) in [6.07, 6.45) is 4.97. The van der Waals surface area contributed by atoms with Crippen molar-refractivity contribution in [1.29, 1.82) is 0 Å². The molecule has 1 aliphatic rings. The number of H-pyrrole nitrogens is 1. The van der Waals surface area contributed by atoms with Gasteiger partial charge >= 0.3 is 0 Å². The van der Waals surface area contributed by atoms with Crippen molar-refractivity contribution < 1.29 is 4.79 Å². The topological polar surface area (TPSA) is 66.1 Å². The van der Waals surface area contributed by atoms with E-state index in [1.807, 2.05) is 35.2 Å². The van der Waals surface area contributed by atoms with Crippen LogP contribution in [0.1, 0.15) is 49.1 Å². The number of piperidine rings is 1. The molecule has 3 rings (SSSR count). The molecular weight excluding hydrogens is 346 g/mol. The van der Waals surface area contributed by atoms with Crippen molar-refractivity contribution in [3.05, 3.63) is 58.0 Å². The van der Waals surface area contributed by atoms with Crippen LogP contribution < -0.4 is 5.56 Å². The number of benzene rings is 1. The van der Waals surface area contributed by atoms with E-state index in [1.165, 1.54) is 24.2 Å². The molecule has 1 saturated heterocycles. The molecule has 5 nitrogen and oxygen atoms in total. The Labute approximate surface area is 158 Å². The van der Waals surface area contributed by atoms with E-state index in [0.717, 1.165) is 50.0 Å². The zero-order valence-corrected chi connectivity index (χ0v) is 15.9. The van der Waals surface area contributed by atoms with Gasteiger partial charge in [-0.3, -0.25) is 9.59 Å². The zero-order valence-electron chi connectivity index (χ0n) is 15.1. The molecule has 26 heavy (non-hydrogen) atoms. The summed E-state index contributed by atoms with van der Waals surface area (Å²) in [6, 6.07) is 11.3. The van der Waals surface area contributed by atoms with Crippen LogP contribution in [0.2, 0.25) is 0 Å². The van der Waals surface area contributed by atoms with Gasteiger partial charge in [0.05, 0.1) is 0 Å². The summed E-state index contributed by atoms with van der Waals surface area (Å²) in [5, 5.41) is 0.120. The Morgan fingerprint density at radius 3 is 2.65 bits per heavy atom. The molecule has 2 aromatic rings. The third-order valence-electron chi connectivity index (χ3n) is 4.50. The summed E-state index contributed by atoms with van der Waals surface area (Å²) < 4.78 is 0. The van der Waals surface area contributed by atoms with Crippen LogP contribution in [0.4, 0.5) is 0 Å². The molecule has 0 bridgehead atoms. The predicted molar refractivity (Wildman–Crippen MR) is 104 cm³/mol. The molecule has 1 atom stereocenters. The van der Waals surface area contributed by atoms with Gasteiger partial charge in [-0.2, -0.15) is 0 Å². The molecule has 0 saturated carbocycles. The summed E-state index contributed by atoms with van der Waals surface area (Å²) in [7, 11) is 0.